The van der Waals surface area contributed by atoms with Gasteiger partial charge in [0.15, 0.2) is 0 Å². The smallest absolute Gasteiger partial charge is 0.338 e. The number of pyridine rings is 1. The second-order valence-corrected chi connectivity index (χ2v) is 4.80. The highest BCUT2D eigenvalue weighted by Gasteiger charge is 2.10. The van der Waals surface area contributed by atoms with Gasteiger partial charge >= 0.3 is 5.97 Å². The van der Waals surface area contributed by atoms with Crippen molar-refractivity contribution in [2.24, 2.45) is 5.73 Å². The molecule has 1 aromatic carbocycles. The molecule has 2 aromatic rings. The quantitative estimate of drug-likeness (QED) is 0.690. The van der Waals surface area contributed by atoms with Crippen LogP contribution < -0.4 is 10.6 Å². The van der Waals surface area contributed by atoms with Gasteiger partial charge in [-0.1, -0.05) is 12.2 Å². The van der Waals surface area contributed by atoms with Crippen molar-refractivity contribution >= 4 is 34.7 Å². The number of carbonyl (C=O) groups excluding carboxylic acids is 1. The molecule has 0 atom stereocenters. The van der Waals surface area contributed by atoms with Crippen LogP contribution >= 0.6 is 12.2 Å². The first-order chi connectivity index (χ1) is 10.0. The third kappa shape index (κ3) is 3.35. The number of esters is 1. The molecule has 1 heterocycles. The molecule has 0 saturated carbocycles. The van der Waals surface area contributed by atoms with Crippen LogP contribution in [0, 0.1) is 0 Å². The third-order valence-corrected chi connectivity index (χ3v) is 3.29. The van der Waals surface area contributed by atoms with Crippen LogP contribution in [-0.2, 0) is 4.74 Å². The minimum atomic E-state index is -0.393. The van der Waals surface area contributed by atoms with Gasteiger partial charge < -0.3 is 15.4 Å². The SMILES string of the molecule is COC(=O)c1ccnc(N(C)c2ccc(C(N)=S)cc2)c1. The van der Waals surface area contributed by atoms with Gasteiger partial charge in [-0.2, -0.15) is 0 Å². The topological polar surface area (TPSA) is 68.5 Å². The Labute approximate surface area is 128 Å². The van der Waals surface area contributed by atoms with E-state index in [4.69, 9.17) is 22.7 Å². The molecule has 108 valence electrons. The first-order valence-electron chi connectivity index (χ1n) is 6.21. The van der Waals surface area contributed by atoms with E-state index < -0.39 is 5.97 Å². The number of rotatable bonds is 4. The minimum absolute atomic E-state index is 0.356. The van der Waals surface area contributed by atoms with E-state index in [0.29, 0.717) is 16.4 Å². The molecule has 2 rings (SSSR count). The van der Waals surface area contributed by atoms with Crippen molar-refractivity contribution in [3.05, 3.63) is 53.7 Å². The fourth-order valence-electron chi connectivity index (χ4n) is 1.83. The zero-order valence-electron chi connectivity index (χ0n) is 11.7. The van der Waals surface area contributed by atoms with Crippen LogP contribution in [0.2, 0.25) is 0 Å². The first kappa shape index (κ1) is 14.9. The number of carbonyl (C=O) groups is 1. The number of anilines is 2. The maximum Gasteiger partial charge on any atom is 0.338 e. The van der Waals surface area contributed by atoms with Gasteiger partial charge in [-0.15, -0.1) is 0 Å². The Morgan fingerprint density at radius 3 is 2.48 bits per heavy atom. The van der Waals surface area contributed by atoms with Gasteiger partial charge in [-0.25, -0.2) is 9.78 Å². The summed E-state index contributed by atoms with van der Waals surface area (Å²) in [6, 6.07) is 10.8. The Hall–Kier alpha value is -2.47. The molecule has 2 N–H and O–H groups in total. The molecule has 6 heteroatoms. The standard InChI is InChI=1S/C15H15N3O2S/c1-18(12-5-3-10(4-6-12)14(16)21)13-9-11(7-8-17-13)15(19)20-2/h3-9H,1-2H3,(H2,16,21). The number of nitrogens with zero attached hydrogens (tertiary/aromatic N) is 2. The predicted molar refractivity (Wildman–Crippen MR) is 86.0 cm³/mol. The Morgan fingerprint density at radius 1 is 1.24 bits per heavy atom. The number of nitrogens with two attached hydrogens (primary N) is 1. The van der Waals surface area contributed by atoms with Crippen LogP contribution in [0.3, 0.4) is 0 Å². The molecule has 0 radical (unpaired) electrons. The summed E-state index contributed by atoms with van der Waals surface area (Å²) in [7, 11) is 3.21. The third-order valence-electron chi connectivity index (χ3n) is 3.05. The van der Waals surface area contributed by atoms with Crippen molar-refractivity contribution in [2.75, 3.05) is 19.1 Å². The highest BCUT2D eigenvalue weighted by Crippen LogP contribution is 2.22. The van der Waals surface area contributed by atoms with Crippen molar-refractivity contribution in [3.8, 4) is 0 Å². The lowest BCUT2D eigenvalue weighted by molar-refractivity contribution is 0.0600. The Bertz CT molecular complexity index is 671. The second kappa shape index (κ2) is 6.32. The van der Waals surface area contributed by atoms with Crippen molar-refractivity contribution < 1.29 is 9.53 Å². The molecule has 0 amide bonds. The summed E-state index contributed by atoms with van der Waals surface area (Å²) < 4.78 is 4.71. The van der Waals surface area contributed by atoms with E-state index in [1.807, 2.05) is 36.2 Å². The van der Waals surface area contributed by atoms with Crippen LogP contribution in [0.4, 0.5) is 11.5 Å². The molecule has 0 aliphatic heterocycles. The highest BCUT2D eigenvalue weighted by molar-refractivity contribution is 7.80. The zero-order valence-corrected chi connectivity index (χ0v) is 12.6. The number of hydrogen-bond acceptors (Lipinski definition) is 5. The zero-order chi connectivity index (χ0) is 15.4. The normalized spacial score (nSPS) is 10.0. The second-order valence-electron chi connectivity index (χ2n) is 4.36. The van der Waals surface area contributed by atoms with Gasteiger partial charge in [-0.3, -0.25) is 0 Å². The average Bonchev–Trinajstić information content (AvgIpc) is 2.53. The molecule has 21 heavy (non-hydrogen) atoms. The van der Waals surface area contributed by atoms with Gasteiger partial charge in [0.25, 0.3) is 0 Å². The van der Waals surface area contributed by atoms with E-state index in [2.05, 4.69) is 4.98 Å². The van der Waals surface area contributed by atoms with Gasteiger partial charge in [0.2, 0.25) is 0 Å². The number of benzene rings is 1. The number of hydrogen-bond donors (Lipinski definition) is 1. The average molecular weight is 301 g/mol. The van der Waals surface area contributed by atoms with Crippen molar-refractivity contribution in [1.29, 1.82) is 0 Å². The molecule has 0 unspecified atom stereocenters. The molecule has 0 aliphatic carbocycles. The molecule has 0 spiro atoms. The van der Waals surface area contributed by atoms with Gasteiger partial charge in [-0.05, 0) is 36.4 Å². The Kier molecular flexibility index (Phi) is 4.49. The van der Waals surface area contributed by atoms with Crippen LogP contribution in [0.25, 0.3) is 0 Å². The lowest BCUT2D eigenvalue weighted by Crippen LogP contribution is -2.13. The summed E-state index contributed by atoms with van der Waals surface area (Å²) >= 11 is 4.92. The van der Waals surface area contributed by atoms with Crippen LogP contribution in [0.15, 0.2) is 42.6 Å². The van der Waals surface area contributed by atoms with Gasteiger partial charge in [0, 0.05) is 24.5 Å². The Morgan fingerprint density at radius 2 is 1.90 bits per heavy atom. The molecule has 1 aromatic heterocycles. The van der Waals surface area contributed by atoms with Gasteiger partial charge in [0.05, 0.1) is 12.7 Å². The van der Waals surface area contributed by atoms with Crippen molar-refractivity contribution in [1.82, 2.24) is 4.98 Å². The van der Waals surface area contributed by atoms with Crippen LogP contribution in [0.1, 0.15) is 15.9 Å². The van der Waals surface area contributed by atoms with Crippen LogP contribution in [-0.4, -0.2) is 30.1 Å². The summed E-state index contributed by atoms with van der Waals surface area (Å²) in [5, 5.41) is 0. The van der Waals surface area contributed by atoms with E-state index in [1.165, 1.54) is 7.11 Å². The Balaban J connectivity index is 2.29. The summed E-state index contributed by atoms with van der Waals surface area (Å²) in [5.74, 6) is 0.247. The molecule has 0 saturated heterocycles. The fourth-order valence-corrected chi connectivity index (χ4v) is 1.96. The van der Waals surface area contributed by atoms with E-state index in [0.717, 1.165) is 11.3 Å². The molecule has 5 nitrogen and oxygen atoms in total. The summed E-state index contributed by atoms with van der Waals surface area (Å²) in [6.07, 6.45) is 1.57. The summed E-state index contributed by atoms with van der Waals surface area (Å²) in [6.45, 7) is 0. The molecular weight excluding hydrogens is 286 g/mol. The lowest BCUT2D eigenvalue weighted by Gasteiger charge is -2.19. The van der Waals surface area contributed by atoms with E-state index in [-0.39, 0.29) is 0 Å². The van der Waals surface area contributed by atoms with E-state index >= 15 is 0 Å². The lowest BCUT2D eigenvalue weighted by atomic mass is 10.2. The first-order valence-corrected chi connectivity index (χ1v) is 6.61. The predicted octanol–water partition coefficient (Wildman–Crippen LogP) is 2.27. The minimum Gasteiger partial charge on any atom is -0.465 e. The number of aromatic nitrogens is 1. The maximum absolute atomic E-state index is 11.5. The number of thiocarbonyl (C=S) groups is 1. The monoisotopic (exact) mass is 301 g/mol. The summed E-state index contributed by atoms with van der Waals surface area (Å²) in [4.78, 5) is 18.0. The van der Waals surface area contributed by atoms with Crippen LogP contribution in [0.5, 0.6) is 0 Å². The number of ether oxygens (including phenoxy) is 1. The highest BCUT2D eigenvalue weighted by atomic mass is 32.1. The van der Waals surface area contributed by atoms with Crippen molar-refractivity contribution in [2.45, 2.75) is 0 Å². The molecule has 0 aliphatic rings. The molecule has 0 fully saturated rings. The van der Waals surface area contributed by atoms with Gasteiger partial charge in [0.1, 0.15) is 10.8 Å². The molecular formula is C15H15N3O2S. The van der Waals surface area contributed by atoms with Crippen molar-refractivity contribution in [3.63, 3.8) is 0 Å². The maximum atomic E-state index is 11.5. The van der Waals surface area contributed by atoms with E-state index in [1.54, 1.807) is 18.3 Å². The molecule has 0 bridgehead atoms. The summed E-state index contributed by atoms with van der Waals surface area (Å²) in [5.41, 5.74) is 7.74. The fraction of sp³-hybridized carbons (Fsp3) is 0.133. The largest absolute Gasteiger partial charge is 0.465 e. The number of methoxy groups -OCH3 is 1. The van der Waals surface area contributed by atoms with E-state index in [9.17, 15) is 4.79 Å².